The fourth-order valence-electron chi connectivity index (χ4n) is 3.51. The number of nitrogens with two attached hydrogens (primary N) is 1. The number of nitrogens with zero attached hydrogens (tertiary/aromatic N) is 5. The van der Waals surface area contributed by atoms with Crippen molar-refractivity contribution >= 4 is 5.71 Å². The number of aliphatic imine (C=N–C) groups is 1. The maximum absolute atomic E-state index is 15.0. The molecule has 164 valence electrons. The van der Waals surface area contributed by atoms with Crippen molar-refractivity contribution < 1.29 is 9.13 Å². The maximum Gasteiger partial charge on any atom is 0.216 e. The molecule has 1 aliphatic carbocycles. The molecule has 0 fully saturated rings. The predicted octanol–water partition coefficient (Wildman–Crippen LogP) is 3.29. The summed E-state index contributed by atoms with van der Waals surface area (Å²) in [6.45, 7) is 0. The molecule has 2 heterocycles. The summed E-state index contributed by atoms with van der Waals surface area (Å²) in [6.07, 6.45) is 11.8. The average Bonchev–Trinajstić information content (AvgIpc) is 3.29. The van der Waals surface area contributed by atoms with Gasteiger partial charge >= 0.3 is 0 Å². The molecular formula is C23H23FN6O2. The molecule has 0 saturated carbocycles. The predicted molar refractivity (Wildman–Crippen MR) is 120 cm³/mol. The van der Waals surface area contributed by atoms with Crippen molar-refractivity contribution in [3.8, 4) is 17.3 Å². The zero-order valence-corrected chi connectivity index (χ0v) is 17.6. The number of allylic oxidation sites excluding steroid dienone is 3. The Morgan fingerprint density at radius 2 is 2.16 bits per heavy atom. The number of hydrogen-bond donors (Lipinski definition) is 1. The highest BCUT2D eigenvalue weighted by molar-refractivity contribution is 6.07. The van der Waals surface area contributed by atoms with Crippen LogP contribution in [0.2, 0.25) is 0 Å². The van der Waals surface area contributed by atoms with E-state index in [1.54, 1.807) is 24.4 Å². The molecule has 1 aliphatic rings. The summed E-state index contributed by atoms with van der Waals surface area (Å²) in [5.74, 6) is -0.0580. The van der Waals surface area contributed by atoms with Crippen LogP contribution >= 0.6 is 0 Å². The summed E-state index contributed by atoms with van der Waals surface area (Å²) in [6, 6.07) is 7.59. The highest BCUT2D eigenvalue weighted by atomic mass is 19.1. The van der Waals surface area contributed by atoms with Crippen LogP contribution < -0.4 is 15.9 Å². The molecule has 0 saturated heterocycles. The molecule has 0 amide bonds. The van der Waals surface area contributed by atoms with Crippen molar-refractivity contribution in [3.05, 3.63) is 88.5 Å². The lowest BCUT2D eigenvalue weighted by Crippen LogP contribution is -2.21. The maximum atomic E-state index is 15.0. The lowest BCUT2D eigenvalue weighted by atomic mass is 10.0. The Balaban J connectivity index is 1.74. The quantitative estimate of drug-likeness (QED) is 0.600. The van der Waals surface area contributed by atoms with E-state index in [9.17, 15) is 4.79 Å². The van der Waals surface area contributed by atoms with Crippen LogP contribution in [0.1, 0.15) is 31.4 Å². The van der Waals surface area contributed by atoms with Gasteiger partial charge in [0.15, 0.2) is 11.5 Å². The molecule has 3 aromatic rings. The summed E-state index contributed by atoms with van der Waals surface area (Å²) >= 11 is 0. The van der Waals surface area contributed by atoms with Crippen LogP contribution in [0.4, 0.5) is 4.39 Å². The van der Waals surface area contributed by atoms with Gasteiger partial charge in [-0.3, -0.25) is 9.79 Å². The van der Waals surface area contributed by atoms with Crippen LogP contribution in [-0.4, -0.2) is 32.4 Å². The van der Waals surface area contributed by atoms with E-state index in [1.807, 2.05) is 0 Å². The normalized spacial score (nSPS) is 14.6. The van der Waals surface area contributed by atoms with Crippen LogP contribution in [0.15, 0.2) is 76.6 Å². The molecule has 4 rings (SSSR count). The smallest absolute Gasteiger partial charge is 0.216 e. The molecule has 2 aromatic heterocycles. The first-order chi connectivity index (χ1) is 15.6. The molecule has 1 aromatic carbocycles. The number of ether oxygens (including phenoxy) is 1. The van der Waals surface area contributed by atoms with E-state index in [2.05, 4.69) is 21.3 Å². The number of halogens is 1. The molecule has 0 bridgehead atoms. The fraction of sp³-hybridized carbons (Fsp3) is 0.217. The average molecular weight is 434 g/mol. The highest BCUT2D eigenvalue weighted by Gasteiger charge is 2.14. The topological polar surface area (TPSA) is 100 Å². The molecular weight excluding hydrogens is 411 g/mol. The molecule has 0 unspecified atom stereocenters. The summed E-state index contributed by atoms with van der Waals surface area (Å²) in [5, 5.41) is 8.51. The number of methoxy groups -OCH3 is 1. The Morgan fingerprint density at radius 3 is 2.88 bits per heavy atom. The van der Waals surface area contributed by atoms with E-state index in [-0.39, 0.29) is 16.8 Å². The van der Waals surface area contributed by atoms with Gasteiger partial charge in [0.1, 0.15) is 5.69 Å². The van der Waals surface area contributed by atoms with Gasteiger partial charge in [0.25, 0.3) is 0 Å². The van der Waals surface area contributed by atoms with Gasteiger partial charge < -0.3 is 10.5 Å². The van der Waals surface area contributed by atoms with Crippen molar-refractivity contribution in [1.82, 2.24) is 19.6 Å². The molecule has 0 aliphatic heterocycles. The standard InChI is InChI=1S/C23H23FN6O2/c1-32-22-10-13-26-30(22)17-7-8-20(18(24)15-17)29-14-11-21(31)23(28-29)19(9-12-25)27-16-5-3-2-4-6-16/h5,7-15H,2-4,6,25H2,1H3. The fourth-order valence-corrected chi connectivity index (χ4v) is 3.51. The molecule has 0 spiro atoms. The molecule has 8 nitrogen and oxygen atoms in total. The molecule has 2 N–H and O–H groups in total. The van der Waals surface area contributed by atoms with E-state index in [4.69, 9.17) is 10.5 Å². The molecule has 32 heavy (non-hydrogen) atoms. The van der Waals surface area contributed by atoms with E-state index >= 15 is 4.39 Å². The van der Waals surface area contributed by atoms with Crippen molar-refractivity contribution in [2.75, 3.05) is 7.11 Å². The first-order valence-electron chi connectivity index (χ1n) is 10.3. The van der Waals surface area contributed by atoms with Crippen molar-refractivity contribution in [3.63, 3.8) is 0 Å². The van der Waals surface area contributed by atoms with Crippen molar-refractivity contribution in [1.29, 1.82) is 0 Å². The third-order valence-corrected chi connectivity index (χ3v) is 5.08. The van der Waals surface area contributed by atoms with Crippen molar-refractivity contribution in [2.45, 2.75) is 25.7 Å². The summed E-state index contributed by atoms with van der Waals surface area (Å²) < 4.78 is 23.0. The van der Waals surface area contributed by atoms with E-state index in [0.29, 0.717) is 17.3 Å². The molecule has 9 heteroatoms. The summed E-state index contributed by atoms with van der Waals surface area (Å²) in [4.78, 5) is 17.2. The van der Waals surface area contributed by atoms with Gasteiger partial charge in [-0.15, -0.1) is 0 Å². The van der Waals surface area contributed by atoms with Crippen molar-refractivity contribution in [2.24, 2.45) is 10.7 Å². The van der Waals surface area contributed by atoms with E-state index < -0.39 is 5.82 Å². The highest BCUT2D eigenvalue weighted by Crippen LogP contribution is 2.21. The van der Waals surface area contributed by atoms with Crippen LogP contribution in [0.5, 0.6) is 5.88 Å². The van der Waals surface area contributed by atoms with Crippen LogP contribution in [0.25, 0.3) is 11.4 Å². The van der Waals surface area contributed by atoms with Crippen LogP contribution in [0.3, 0.4) is 0 Å². The summed E-state index contributed by atoms with van der Waals surface area (Å²) in [5.41, 5.74) is 7.26. The number of aromatic nitrogens is 4. The summed E-state index contributed by atoms with van der Waals surface area (Å²) in [7, 11) is 1.52. The van der Waals surface area contributed by atoms with Gasteiger partial charge in [-0.2, -0.15) is 10.2 Å². The largest absolute Gasteiger partial charge is 0.481 e. The van der Waals surface area contributed by atoms with Gasteiger partial charge in [-0.05, 0) is 50.1 Å². The van der Waals surface area contributed by atoms with Gasteiger partial charge in [0.05, 0.1) is 24.7 Å². The first kappa shape index (κ1) is 21.2. The Morgan fingerprint density at radius 1 is 1.28 bits per heavy atom. The second kappa shape index (κ2) is 9.42. The zero-order chi connectivity index (χ0) is 22.5. The van der Waals surface area contributed by atoms with Gasteiger partial charge in [0.2, 0.25) is 11.3 Å². The lowest BCUT2D eigenvalue weighted by Gasteiger charge is -2.12. The SMILES string of the molecule is COc1ccnn1-c1ccc(-n2ccc(=O)c(C(C=CN)=NC3=CCCCC3)n2)c(F)c1. The van der Waals surface area contributed by atoms with E-state index in [0.717, 1.165) is 31.4 Å². The Bertz CT molecular complexity index is 1270. The third-order valence-electron chi connectivity index (χ3n) is 5.08. The van der Waals surface area contributed by atoms with Crippen LogP contribution in [0, 0.1) is 5.82 Å². The number of benzene rings is 1. The van der Waals surface area contributed by atoms with Gasteiger partial charge in [0, 0.05) is 30.1 Å². The minimum Gasteiger partial charge on any atom is -0.481 e. The van der Waals surface area contributed by atoms with Gasteiger partial charge in [-0.1, -0.05) is 6.08 Å². The molecule has 0 atom stereocenters. The second-order valence-electron chi connectivity index (χ2n) is 7.19. The monoisotopic (exact) mass is 434 g/mol. The Labute approximate surface area is 184 Å². The molecule has 0 radical (unpaired) electrons. The minimum absolute atomic E-state index is 0.0953. The van der Waals surface area contributed by atoms with Crippen LogP contribution in [-0.2, 0) is 0 Å². The number of rotatable bonds is 6. The Kier molecular flexibility index (Phi) is 6.25. The zero-order valence-electron chi connectivity index (χ0n) is 17.6. The number of hydrogen-bond acceptors (Lipinski definition) is 6. The second-order valence-corrected chi connectivity index (χ2v) is 7.19. The third kappa shape index (κ3) is 4.36. The lowest BCUT2D eigenvalue weighted by molar-refractivity contribution is 0.383. The minimum atomic E-state index is -0.537. The Hall–Kier alpha value is -4.01. The first-order valence-corrected chi connectivity index (χ1v) is 10.3. The van der Waals surface area contributed by atoms with E-state index in [1.165, 1.54) is 47.1 Å². The van der Waals surface area contributed by atoms with Gasteiger partial charge in [-0.25, -0.2) is 13.8 Å².